The summed E-state index contributed by atoms with van der Waals surface area (Å²) in [6.07, 6.45) is 5.04. The Morgan fingerprint density at radius 3 is 2.82 bits per heavy atom. The van der Waals surface area contributed by atoms with Crippen molar-refractivity contribution in [2.24, 2.45) is 5.92 Å². The molecule has 0 radical (unpaired) electrons. The van der Waals surface area contributed by atoms with Gasteiger partial charge in [-0.25, -0.2) is 0 Å². The van der Waals surface area contributed by atoms with E-state index >= 15 is 0 Å². The molecule has 1 aliphatic heterocycles. The molecule has 5 heteroatoms. The highest BCUT2D eigenvalue weighted by Gasteiger charge is 2.24. The third-order valence-corrected chi connectivity index (χ3v) is 3.47. The smallest absolute Gasteiger partial charge is 0.236 e. The standard InChI is InChI=1S/C12H22N2O2.ClH/c1-16-11-3-2-6-14(9-11)12(15)8-13-7-10-4-5-10;/h10-11,13H,2-9H2,1H3;1H. The molecular formula is C12H23ClN2O2. The quantitative estimate of drug-likeness (QED) is 0.805. The average molecular weight is 263 g/mol. The normalized spacial score (nSPS) is 24.3. The monoisotopic (exact) mass is 262 g/mol. The van der Waals surface area contributed by atoms with Crippen molar-refractivity contribution in [1.82, 2.24) is 10.2 Å². The molecular weight excluding hydrogens is 240 g/mol. The van der Waals surface area contributed by atoms with Crippen LogP contribution in [0.3, 0.4) is 0 Å². The Balaban J connectivity index is 0.00000144. The van der Waals surface area contributed by atoms with Crippen molar-refractivity contribution in [1.29, 1.82) is 0 Å². The second-order valence-electron chi connectivity index (χ2n) is 4.91. The molecule has 2 rings (SSSR count). The van der Waals surface area contributed by atoms with E-state index in [1.165, 1.54) is 12.8 Å². The van der Waals surface area contributed by atoms with Crippen LogP contribution in [0.4, 0.5) is 0 Å². The van der Waals surface area contributed by atoms with Crippen molar-refractivity contribution in [3.63, 3.8) is 0 Å². The first-order chi connectivity index (χ1) is 7.79. The molecule has 1 N–H and O–H groups in total. The minimum atomic E-state index is 0. The second kappa shape index (κ2) is 7.19. The highest BCUT2D eigenvalue weighted by Crippen LogP contribution is 2.27. The van der Waals surface area contributed by atoms with E-state index in [0.717, 1.165) is 38.4 Å². The number of hydrogen-bond acceptors (Lipinski definition) is 3. The predicted octanol–water partition coefficient (Wildman–Crippen LogP) is 1.05. The van der Waals surface area contributed by atoms with Gasteiger partial charge >= 0.3 is 0 Å². The first-order valence-electron chi connectivity index (χ1n) is 6.31. The molecule has 1 unspecified atom stereocenters. The summed E-state index contributed by atoms with van der Waals surface area (Å²) >= 11 is 0. The van der Waals surface area contributed by atoms with Gasteiger partial charge in [0.2, 0.25) is 5.91 Å². The lowest BCUT2D eigenvalue weighted by Crippen LogP contribution is -2.46. The maximum absolute atomic E-state index is 11.9. The van der Waals surface area contributed by atoms with Gasteiger partial charge in [-0.1, -0.05) is 0 Å². The number of hydrogen-bond donors (Lipinski definition) is 1. The number of halogens is 1. The van der Waals surface area contributed by atoms with Crippen molar-refractivity contribution < 1.29 is 9.53 Å². The Morgan fingerprint density at radius 2 is 2.18 bits per heavy atom. The van der Waals surface area contributed by atoms with Crippen LogP contribution in [0, 0.1) is 5.92 Å². The number of carbonyl (C=O) groups excluding carboxylic acids is 1. The maximum atomic E-state index is 11.9. The molecule has 100 valence electrons. The third-order valence-electron chi connectivity index (χ3n) is 3.47. The van der Waals surface area contributed by atoms with Gasteiger partial charge in [-0.3, -0.25) is 4.79 Å². The first kappa shape index (κ1) is 14.7. The van der Waals surface area contributed by atoms with E-state index in [-0.39, 0.29) is 24.4 Å². The molecule has 0 bridgehead atoms. The van der Waals surface area contributed by atoms with Crippen molar-refractivity contribution in [2.75, 3.05) is 33.3 Å². The minimum absolute atomic E-state index is 0. The summed E-state index contributed by atoms with van der Waals surface area (Å²) in [4.78, 5) is 13.8. The summed E-state index contributed by atoms with van der Waals surface area (Å²) in [7, 11) is 1.73. The van der Waals surface area contributed by atoms with Crippen LogP contribution in [0.25, 0.3) is 0 Å². The van der Waals surface area contributed by atoms with Crippen LogP contribution in [-0.2, 0) is 9.53 Å². The van der Waals surface area contributed by atoms with Gasteiger partial charge in [-0.15, -0.1) is 12.4 Å². The number of methoxy groups -OCH3 is 1. The zero-order valence-electron chi connectivity index (χ0n) is 10.5. The summed E-state index contributed by atoms with van der Waals surface area (Å²) in [6.45, 7) is 3.16. The molecule has 0 aromatic rings. The Bertz CT molecular complexity index is 247. The Morgan fingerprint density at radius 1 is 1.41 bits per heavy atom. The number of piperidine rings is 1. The number of likely N-dealkylation sites (tertiary alicyclic amines) is 1. The number of ether oxygens (including phenoxy) is 1. The van der Waals surface area contributed by atoms with E-state index in [1.807, 2.05) is 4.90 Å². The number of rotatable bonds is 5. The molecule has 1 saturated carbocycles. The molecule has 1 aliphatic carbocycles. The maximum Gasteiger partial charge on any atom is 0.236 e. The lowest BCUT2D eigenvalue weighted by Gasteiger charge is -2.32. The lowest BCUT2D eigenvalue weighted by atomic mass is 10.1. The van der Waals surface area contributed by atoms with E-state index in [1.54, 1.807) is 7.11 Å². The van der Waals surface area contributed by atoms with Gasteiger partial charge < -0.3 is 15.0 Å². The topological polar surface area (TPSA) is 41.6 Å². The molecule has 1 saturated heterocycles. The van der Waals surface area contributed by atoms with Gasteiger partial charge in [0.25, 0.3) is 0 Å². The highest BCUT2D eigenvalue weighted by atomic mass is 35.5. The minimum Gasteiger partial charge on any atom is -0.380 e. The highest BCUT2D eigenvalue weighted by molar-refractivity contribution is 5.85. The van der Waals surface area contributed by atoms with Gasteiger partial charge in [-0.2, -0.15) is 0 Å². The van der Waals surface area contributed by atoms with Gasteiger partial charge in [-0.05, 0) is 38.1 Å². The van der Waals surface area contributed by atoms with Crippen LogP contribution in [0.2, 0.25) is 0 Å². The predicted molar refractivity (Wildman–Crippen MR) is 69.5 cm³/mol. The molecule has 4 nitrogen and oxygen atoms in total. The Kier molecular flexibility index (Phi) is 6.23. The van der Waals surface area contributed by atoms with Crippen LogP contribution in [-0.4, -0.2) is 50.2 Å². The number of nitrogens with zero attached hydrogens (tertiary/aromatic N) is 1. The average Bonchev–Trinajstić information content (AvgIpc) is 3.13. The van der Waals surface area contributed by atoms with E-state index in [4.69, 9.17) is 4.74 Å². The van der Waals surface area contributed by atoms with Crippen molar-refractivity contribution in [2.45, 2.75) is 31.8 Å². The fourth-order valence-corrected chi connectivity index (χ4v) is 2.17. The molecule has 0 aromatic heterocycles. The molecule has 0 aromatic carbocycles. The summed E-state index contributed by atoms with van der Waals surface area (Å²) in [5.74, 6) is 1.06. The number of nitrogens with one attached hydrogen (secondary N) is 1. The first-order valence-corrected chi connectivity index (χ1v) is 6.31. The summed E-state index contributed by atoms with van der Waals surface area (Å²) < 4.78 is 5.31. The number of carbonyl (C=O) groups is 1. The van der Waals surface area contributed by atoms with Crippen LogP contribution < -0.4 is 5.32 Å². The van der Waals surface area contributed by atoms with Gasteiger partial charge in [0.05, 0.1) is 12.6 Å². The van der Waals surface area contributed by atoms with E-state index in [2.05, 4.69) is 5.32 Å². The molecule has 1 heterocycles. The molecule has 2 fully saturated rings. The van der Waals surface area contributed by atoms with E-state index in [9.17, 15) is 4.79 Å². The van der Waals surface area contributed by atoms with Crippen molar-refractivity contribution >= 4 is 18.3 Å². The molecule has 17 heavy (non-hydrogen) atoms. The molecule has 0 spiro atoms. The zero-order valence-corrected chi connectivity index (χ0v) is 11.3. The molecule has 2 aliphatic rings. The second-order valence-corrected chi connectivity index (χ2v) is 4.91. The van der Waals surface area contributed by atoms with Crippen LogP contribution in [0.5, 0.6) is 0 Å². The fourth-order valence-electron chi connectivity index (χ4n) is 2.17. The number of amides is 1. The Labute approximate surface area is 109 Å². The third kappa shape index (κ3) is 4.82. The summed E-state index contributed by atoms with van der Waals surface area (Å²) in [6, 6.07) is 0. The summed E-state index contributed by atoms with van der Waals surface area (Å²) in [5.41, 5.74) is 0. The zero-order chi connectivity index (χ0) is 11.4. The van der Waals surface area contributed by atoms with Gasteiger partial charge in [0.1, 0.15) is 0 Å². The van der Waals surface area contributed by atoms with Gasteiger partial charge in [0, 0.05) is 20.2 Å². The van der Waals surface area contributed by atoms with E-state index < -0.39 is 0 Å². The van der Waals surface area contributed by atoms with Crippen LogP contribution in [0.1, 0.15) is 25.7 Å². The SMILES string of the molecule is COC1CCCN(C(=O)CNCC2CC2)C1.Cl. The Hall–Kier alpha value is -0.320. The lowest BCUT2D eigenvalue weighted by molar-refractivity contribution is -0.133. The fraction of sp³-hybridized carbons (Fsp3) is 0.917. The van der Waals surface area contributed by atoms with Crippen LogP contribution in [0.15, 0.2) is 0 Å². The van der Waals surface area contributed by atoms with Gasteiger partial charge in [0.15, 0.2) is 0 Å². The van der Waals surface area contributed by atoms with Crippen molar-refractivity contribution in [3.8, 4) is 0 Å². The van der Waals surface area contributed by atoms with Crippen molar-refractivity contribution in [3.05, 3.63) is 0 Å². The molecule has 1 atom stereocenters. The largest absolute Gasteiger partial charge is 0.380 e. The molecule has 1 amide bonds. The van der Waals surface area contributed by atoms with Crippen LogP contribution >= 0.6 is 12.4 Å². The van der Waals surface area contributed by atoms with E-state index in [0.29, 0.717) is 6.54 Å². The summed E-state index contributed by atoms with van der Waals surface area (Å²) in [5, 5.41) is 3.25.